The van der Waals surface area contributed by atoms with Gasteiger partial charge in [0, 0.05) is 32.6 Å². The SMILES string of the molecule is CC(OC(=O)CCCNS(=O)(=O)c1ccc2c(c1)OCCO2)C(=O)N(C)Cc1cccc(F)c1. The van der Waals surface area contributed by atoms with E-state index in [9.17, 15) is 22.4 Å². The smallest absolute Gasteiger partial charge is 0.306 e. The van der Waals surface area contributed by atoms with Gasteiger partial charge in [0.05, 0.1) is 4.90 Å². The van der Waals surface area contributed by atoms with Gasteiger partial charge >= 0.3 is 5.97 Å². The zero-order valence-electron chi connectivity index (χ0n) is 19.0. The highest BCUT2D eigenvalue weighted by Gasteiger charge is 2.22. The molecule has 1 N–H and O–H groups in total. The van der Waals surface area contributed by atoms with Gasteiger partial charge in [-0.15, -0.1) is 0 Å². The lowest BCUT2D eigenvalue weighted by Gasteiger charge is -2.21. The number of nitrogens with one attached hydrogen (secondary N) is 1. The van der Waals surface area contributed by atoms with E-state index in [4.69, 9.17) is 14.2 Å². The van der Waals surface area contributed by atoms with E-state index in [0.717, 1.165) is 0 Å². The van der Waals surface area contributed by atoms with Crippen LogP contribution in [0.1, 0.15) is 25.3 Å². The molecule has 11 heteroatoms. The van der Waals surface area contributed by atoms with E-state index < -0.39 is 33.8 Å². The molecule has 2 aromatic carbocycles. The predicted molar refractivity (Wildman–Crippen MR) is 120 cm³/mol. The Morgan fingerprint density at radius 2 is 1.88 bits per heavy atom. The Bertz CT molecular complexity index is 1140. The molecule has 0 aliphatic carbocycles. The molecule has 0 saturated heterocycles. The van der Waals surface area contributed by atoms with E-state index in [2.05, 4.69) is 4.72 Å². The number of hydrogen-bond donors (Lipinski definition) is 1. The van der Waals surface area contributed by atoms with Crippen LogP contribution >= 0.6 is 0 Å². The second kappa shape index (κ2) is 11.3. The number of benzene rings is 2. The minimum Gasteiger partial charge on any atom is -0.486 e. The summed E-state index contributed by atoms with van der Waals surface area (Å²) in [5, 5.41) is 0. The number of esters is 1. The van der Waals surface area contributed by atoms with Crippen molar-refractivity contribution in [1.82, 2.24) is 9.62 Å². The fourth-order valence-electron chi connectivity index (χ4n) is 3.32. The van der Waals surface area contributed by atoms with Crippen LogP contribution in [0.15, 0.2) is 47.4 Å². The number of halogens is 1. The Hall–Kier alpha value is -3.18. The summed E-state index contributed by atoms with van der Waals surface area (Å²) in [5.41, 5.74) is 0.611. The van der Waals surface area contributed by atoms with E-state index >= 15 is 0 Å². The van der Waals surface area contributed by atoms with Crippen LogP contribution in [-0.2, 0) is 30.9 Å². The van der Waals surface area contributed by atoms with E-state index in [1.54, 1.807) is 12.1 Å². The molecular weight excluding hydrogens is 467 g/mol. The van der Waals surface area contributed by atoms with Crippen molar-refractivity contribution in [2.75, 3.05) is 26.8 Å². The summed E-state index contributed by atoms with van der Waals surface area (Å²) in [7, 11) is -2.27. The summed E-state index contributed by atoms with van der Waals surface area (Å²) in [6.07, 6.45) is -0.919. The van der Waals surface area contributed by atoms with Gasteiger partial charge in [-0.25, -0.2) is 17.5 Å². The van der Waals surface area contributed by atoms with E-state index in [0.29, 0.717) is 30.3 Å². The van der Waals surface area contributed by atoms with Crippen molar-refractivity contribution in [2.24, 2.45) is 0 Å². The quantitative estimate of drug-likeness (QED) is 0.398. The minimum atomic E-state index is -3.80. The fourth-order valence-corrected chi connectivity index (χ4v) is 4.41. The Morgan fingerprint density at radius 1 is 1.15 bits per heavy atom. The molecule has 1 amide bonds. The maximum Gasteiger partial charge on any atom is 0.306 e. The van der Waals surface area contributed by atoms with Crippen LogP contribution in [-0.4, -0.2) is 58.1 Å². The van der Waals surface area contributed by atoms with Crippen LogP contribution in [0.2, 0.25) is 0 Å². The van der Waals surface area contributed by atoms with Gasteiger partial charge in [-0.05, 0) is 43.2 Å². The van der Waals surface area contributed by atoms with Gasteiger partial charge in [-0.2, -0.15) is 0 Å². The lowest BCUT2D eigenvalue weighted by molar-refractivity contribution is -0.158. The zero-order chi connectivity index (χ0) is 24.7. The molecule has 1 aliphatic heterocycles. The Labute approximate surface area is 197 Å². The Balaban J connectivity index is 1.41. The van der Waals surface area contributed by atoms with Gasteiger partial charge < -0.3 is 19.1 Å². The molecule has 0 radical (unpaired) electrons. The highest BCUT2D eigenvalue weighted by Crippen LogP contribution is 2.32. The standard InChI is InChI=1S/C23H27FN2O7S/c1-16(23(28)26(2)15-17-5-3-6-18(24)13-17)33-22(27)7-4-10-25-34(29,30)19-8-9-20-21(14-19)32-12-11-31-20/h3,5-6,8-9,13-14,16,25H,4,7,10-12,15H2,1-2H3. The van der Waals surface area contributed by atoms with Gasteiger partial charge in [0.1, 0.15) is 19.0 Å². The van der Waals surface area contributed by atoms with Crippen LogP contribution in [0.25, 0.3) is 0 Å². The second-order valence-electron chi connectivity index (χ2n) is 7.76. The number of hydrogen-bond acceptors (Lipinski definition) is 7. The number of nitrogens with zero attached hydrogens (tertiary/aromatic N) is 1. The summed E-state index contributed by atoms with van der Waals surface area (Å²) in [6, 6.07) is 10.2. The van der Waals surface area contributed by atoms with Crippen molar-refractivity contribution in [2.45, 2.75) is 37.3 Å². The number of ether oxygens (including phenoxy) is 3. The lowest BCUT2D eigenvalue weighted by atomic mass is 10.2. The minimum absolute atomic E-state index is 0.00762. The van der Waals surface area contributed by atoms with Crippen molar-refractivity contribution in [1.29, 1.82) is 0 Å². The predicted octanol–water partition coefficient (Wildman–Crippen LogP) is 2.25. The number of fused-ring (bicyclic) bond motifs is 1. The molecule has 0 spiro atoms. The molecule has 2 aromatic rings. The molecule has 1 atom stereocenters. The molecule has 34 heavy (non-hydrogen) atoms. The third-order valence-electron chi connectivity index (χ3n) is 5.01. The molecule has 0 fully saturated rings. The summed E-state index contributed by atoms with van der Waals surface area (Å²) >= 11 is 0. The Morgan fingerprint density at radius 3 is 2.62 bits per heavy atom. The van der Waals surface area contributed by atoms with Crippen molar-refractivity contribution in [3.63, 3.8) is 0 Å². The van der Waals surface area contributed by atoms with Gasteiger partial charge in [0.15, 0.2) is 17.6 Å². The summed E-state index contributed by atoms with van der Waals surface area (Å²) < 4.78 is 56.6. The fraction of sp³-hybridized carbons (Fsp3) is 0.391. The number of amides is 1. The van der Waals surface area contributed by atoms with Crippen molar-refractivity contribution < 1.29 is 36.6 Å². The van der Waals surface area contributed by atoms with E-state index in [-0.39, 0.29) is 30.8 Å². The molecule has 3 rings (SSSR count). The summed E-state index contributed by atoms with van der Waals surface area (Å²) in [5.74, 6) is -0.616. The normalized spacial score (nSPS) is 13.7. The molecule has 1 heterocycles. The first-order valence-corrected chi connectivity index (χ1v) is 12.2. The lowest BCUT2D eigenvalue weighted by Crippen LogP contribution is -2.37. The average Bonchev–Trinajstić information content (AvgIpc) is 2.81. The number of carbonyl (C=O) groups excluding carboxylic acids is 2. The third kappa shape index (κ3) is 6.91. The van der Waals surface area contributed by atoms with Crippen molar-refractivity contribution in [3.8, 4) is 11.5 Å². The molecule has 9 nitrogen and oxygen atoms in total. The number of sulfonamides is 1. The van der Waals surface area contributed by atoms with Crippen LogP contribution in [0.4, 0.5) is 4.39 Å². The van der Waals surface area contributed by atoms with Crippen LogP contribution in [0.3, 0.4) is 0 Å². The van der Waals surface area contributed by atoms with Gasteiger partial charge in [0.25, 0.3) is 5.91 Å². The average molecular weight is 495 g/mol. The maximum absolute atomic E-state index is 13.3. The van der Waals surface area contributed by atoms with Crippen LogP contribution < -0.4 is 14.2 Å². The molecule has 1 unspecified atom stereocenters. The summed E-state index contributed by atoms with van der Waals surface area (Å²) in [6.45, 7) is 2.37. The first kappa shape index (κ1) is 25.4. The van der Waals surface area contributed by atoms with E-state index in [1.165, 1.54) is 49.2 Å². The third-order valence-corrected chi connectivity index (χ3v) is 6.47. The monoisotopic (exact) mass is 494 g/mol. The van der Waals surface area contributed by atoms with E-state index in [1.807, 2.05) is 0 Å². The molecule has 0 bridgehead atoms. The van der Waals surface area contributed by atoms with Crippen molar-refractivity contribution in [3.05, 3.63) is 53.8 Å². The van der Waals surface area contributed by atoms with Crippen molar-refractivity contribution >= 4 is 21.9 Å². The first-order valence-electron chi connectivity index (χ1n) is 10.7. The Kier molecular flexibility index (Phi) is 8.46. The van der Waals surface area contributed by atoms with Crippen LogP contribution in [0.5, 0.6) is 11.5 Å². The highest BCUT2D eigenvalue weighted by atomic mass is 32.2. The molecule has 0 aromatic heterocycles. The molecule has 184 valence electrons. The molecule has 0 saturated carbocycles. The number of carbonyl (C=O) groups is 2. The molecular formula is C23H27FN2O7S. The largest absolute Gasteiger partial charge is 0.486 e. The zero-order valence-corrected chi connectivity index (χ0v) is 19.8. The highest BCUT2D eigenvalue weighted by molar-refractivity contribution is 7.89. The maximum atomic E-state index is 13.3. The number of rotatable bonds is 10. The topological polar surface area (TPSA) is 111 Å². The first-order chi connectivity index (χ1) is 16.2. The number of likely N-dealkylation sites (N-methyl/N-ethyl adjacent to an activating group) is 1. The summed E-state index contributed by atoms with van der Waals surface area (Å²) in [4.78, 5) is 25.9. The van der Waals surface area contributed by atoms with Crippen LogP contribution in [0, 0.1) is 5.82 Å². The van der Waals surface area contributed by atoms with Gasteiger partial charge in [0.2, 0.25) is 10.0 Å². The second-order valence-corrected chi connectivity index (χ2v) is 9.53. The molecule has 1 aliphatic rings. The van der Waals surface area contributed by atoms with Gasteiger partial charge in [-0.3, -0.25) is 9.59 Å². The van der Waals surface area contributed by atoms with Gasteiger partial charge in [-0.1, -0.05) is 12.1 Å².